The van der Waals surface area contributed by atoms with Gasteiger partial charge in [-0.15, -0.1) is 15.3 Å². The van der Waals surface area contributed by atoms with Crippen LogP contribution in [0.1, 0.15) is 23.9 Å². The Labute approximate surface area is 198 Å². The molecule has 0 aliphatic carbocycles. The van der Waals surface area contributed by atoms with E-state index in [9.17, 15) is 8.78 Å². The van der Waals surface area contributed by atoms with Crippen LogP contribution in [0, 0.1) is 0 Å². The van der Waals surface area contributed by atoms with Gasteiger partial charge in [0.15, 0.2) is 0 Å². The molecule has 1 atom stereocenters. The topological polar surface area (TPSA) is 118 Å². The molecule has 0 spiro atoms. The van der Waals surface area contributed by atoms with Gasteiger partial charge in [-0.3, -0.25) is 0 Å². The standard InChI is InChI=1S/C24H19F2N7O2/c25-22(26)24-31-30-23(35-24)16-8-6-15(7-9-16)20(14-34-18-4-2-1-3-5-18)33-13-19(29-32-33)17-10-11-21(27)28-12-17/h1-13,20,22H,14H2,(H2,27,28). The highest BCUT2D eigenvalue weighted by Crippen LogP contribution is 2.27. The molecule has 1 unspecified atom stereocenters. The van der Waals surface area contributed by atoms with Crippen LogP contribution in [0.25, 0.3) is 22.7 Å². The van der Waals surface area contributed by atoms with E-state index in [2.05, 4.69) is 25.5 Å². The van der Waals surface area contributed by atoms with Gasteiger partial charge in [-0.25, -0.2) is 9.67 Å². The van der Waals surface area contributed by atoms with E-state index in [0.29, 0.717) is 22.8 Å². The van der Waals surface area contributed by atoms with Crippen LogP contribution in [0.15, 0.2) is 83.5 Å². The van der Waals surface area contributed by atoms with Crippen molar-refractivity contribution in [3.63, 3.8) is 0 Å². The first-order chi connectivity index (χ1) is 17.1. The smallest absolute Gasteiger partial charge is 0.314 e. The molecular weight excluding hydrogens is 456 g/mol. The van der Waals surface area contributed by atoms with Gasteiger partial charge in [-0.1, -0.05) is 35.5 Å². The zero-order valence-corrected chi connectivity index (χ0v) is 18.2. The lowest BCUT2D eigenvalue weighted by molar-refractivity contribution is 0.116. The van der Waals surface area contributed by atoms with Crippen LogP contribution >= 0.6 is 0 Å². The third-order valence-electron chi connectivity index (χ3n) is 5.23. The molecule has 11 heteroatoms. The number of halogens is 2. The Hall–Kier alpha value is -4.67. The summed E-state index contributed by atoms with van der Waals surface area (Å²) in [6.07, 6.45) is 0.604. The lowest BCUT2D eigenvalue weighted by atomic mass is 10.1. The molecule has 0 bridgehead atoms. The Morgan fingerprint density at radius 2 is 1.69 bits per heavy atom. The molecule has 2 aromatic carbocycles. The second-order valence-electron chi connectivity index (χ2n) is 7.56. The lowest BCUT2D eigenvalue weighted by Gasteiger charge is -2.18. The lowest BCUT2D eigenvalue weighted by Crippen LogP contribution is -2.19. The summed E-state index contributed by atoms with van der Waals surface area (Å²) in [6, 6.07) is 19.7. The fraction of sp³-hybridized carbons (Fsp3) is 0.125. The highest BCUT2D eigenvalue weighted by atomic mass is 19.3. The minimum absolute atomic E-state index is 0.0165. The number of nitrogen functional groups attached to an aromatic ring is 1. The van der Waals surface area contributed by atoms with Crippen molar-refractivity contribution in [3.8, 4) is 28.5 Å². The van der Waals surface area contributed by atoms with Crippen molar-refractivity contribution in [2.24, 2.45) is 0 Å². The summed E-state index contributed by atoms with van der Waals surface area (Å²) in [5.74, 6) is 0.424. The van der Waals surface area contributed by atoms with E-state index in [1.807, 2.05) is 48.5 Å². The van der Waals surface area contributed by atoms with Crippen molar-refractivity contribution in [1.82, 2.24) is 30.2 Å². The first-order valence-corrected chi connectivity index (χ1v) is 10.6. The Bertz CT molecular complexity index is 1390. The Morgan fingerprint density at radius 1 is 0.914 bits per heavy atom. The van der Waals surface area contributed by atoms with Gasteiger partial charge >= 0.3 is 6.43 Å². The van der Waals surface area contributed by atoms with Crippen LogP contribution in [0.2, 0.25) is 0 Å². The number of pyridine rings is 1. The van der Waals surface area contributed by atoms with E-state index in [-0.39, 0.29) is 18.5 Å². The zero-order valence-electron chi connectivity index (χ0n) is 18.2. The van der Waals surface area contributed by atoms with Gasteiger partial charge in [0, 0.05) is 17.3 Å². The number of para-hydroxylation sites is 1. The van der Waals surface area contributed by atoms with Crippen LogP contribution in [0.4, 0.5) is 14.6 Å². The summed E-state index contributed by atoms with van der Waals surface area (Å²) in [5, 5.41) is 15.7. The molecule has 0 amide bonds. The molecule has 2 N–H and O–H groups in total. The van der Waals surface area contributed by atoms with Gasteiger partial charge in [0.25, 0.3) is 5.89 Å². The predicted octanol–water partition coefficient (Wildman–Crippen LogP) is 4.58. The predicted molar refractivity (Wildman–Crippen MR) is 122 cm³/mol. The van der Waals surface area contributed by atoms with E-state index >= 15 is 0 Å². The minimum Gasteiger partial charge on any atom is -0.491 e. The molecule has 5 rings (SSSR count). The summed E-state index contributed by atoms with van der Waals surface area (Å²) in [7, 11) is 0. The monoisotopic (exact) mass is 475 g/mol. The second-order valence-corrected chi connectivity index (χ2v) is 7.56. The van der Waals surface area contributed by atoms with Crippen molar-refractivity contribution in [2.75, 3.05) is 12.3 Å². The number of anilines is 1. The van der Waals surface area contributed by atoms with Crippen molar-refractivity contribution in [1.29, 1.82) is 0 Å². The Kier molecular flexibility index (Phi) is 6.12. The zero-order chi connectivity index (χ0) is 24.2. The van der Waals surface area contributed by atoms with E-state index in [1.54, 1.807) is 35.3 Å². The highest BCUT2D eigenvalue weighted by Gasteiger charge is 2.20. The molecule has 0 saturated carbocycles. The number of hydrogen-bond acceptors (Lipinski definition) is 8. The van der Waals surface area contributed by atoms with Gasteiger partial charge in [0.05, 0.1) is 6.20 Å². The molecule has 0 aliphatic heterocycles. The highest BCUT2D eigenvalue weighted by molar-refractivity contribution is 5.58. The first kappa shape index (κ1) is 22.1. The van der Waals surface area contributed by atoms with E-state index in [4.69, 9.17) is 14.9 Å². The molecule has 0 saturated heterocycles. The average molecular weight is 475 g/mol. The molecule has 9 nitrogen and oxygen atoms in total. The molecule has 3 aromatic heterocycles. The van der Waals surface area contributed by atoms with Crippen molar-refractivity contribution >= 4 is 5.82 Å². The molecule has 0 aliphatic rings. The minimum atomic E-state index is -2.83. The molecule has 0 fully saturated rings. The Morgan fingerprint density at radius 3 is 2.37 bits per heavy atom. The quantitative estimate of drug-likeness (QED) is 0.347. The summed E-state index contributed by atoms with van der Waals surface area (Å²) < 4.78 is 38.3. The maximum absolute atomic E-state index is 12.8. The van der Waals surface area contributed by atoms with Gasteiger partial charge in [-0.05, 0) is 42.0 Å². The van der Waals surface area contributed by atoms with Gasteiger partial charge in [0.2, 0.25) is 5.89 Å². The summed E-state index contributed by atoms with van der Waals surface area (Å²) in [6.45, 7) is 0.266. The number of benzene rings is 2. The second kappa shape index (κ2) is 9.67. The number of rotatable bonds is 8. The molecule has 176 valence electrons. The van der Waals surface area contributed by atoms with Crippen LogP contribution in [-0.4, -0.2) is 36.8 Å². The number of aromatic nitrogens is 6. The van der Waals surface area contributed by atoms with E-state index in [0.717, 1.165) is 11.1 Å². The first-order valence-electron chi connectivity index (χ1n) is 10.6. The molecule has 0 radical (unpaired) electrons. The maximum atomic E-state index is 12.8. The number of alkyl halides is 2. The summed E-state index contributed by atoms with van der Waals surface area (Å²) in [5.41, 5.74) is 8.45. The third-order valence-corrected chi connectivity index (χ3v) is 5.23. The largest absolute Gasteiger partial charge is 0.491 e. The number of nitrogens with zero attached hydrogens (tertiary/aromatic N) is 6. The van der Waals surface area contributed by atoms with Crippen molar-refractivity contribution < 1.29 is 17.9 Å². The van der Waals surface area contributed by atoms with Gasteiger partial charge in [0.1, 0.15) is 29.9 Å². The SMILES string of the molecule is Nc1ccc(-c2cn(C(COc3ccccc3)c3ccc(-c4nnc(C(F)F)o4)cc3)nn2)cn1. The van der Waals surface area contributed by atoms with E-state index in [1.165, 1.54) is 0 Å². The van der Waals surface area contributed by atoms with Crippen molar-refractivity contribution in [3.05, 3.63) is 90.6 Å². The fourth-order valence-corrected chi connectivity index (χ4v) is 3.42. The Balaban J connectivity index is 1.43. The van der Waals surface area contributed by atoms with Crippen molar-refractivity contribution in [2.45, 2.75) is 12.5 Å². The summed E-state index contributed by atoms with van der Waals surface area (Å²) >= 11 is 0. The third kappa shape index (κ3) is 4.98. The molecule has 3 heterocycles. The number of ether oxygens (including phenoxy) is 1. The van der Waals surface area contributed by atoms with Crippen LogP contribution < -0.4 is 10.5 Å². The van der Waals surface area contributed by atoms with Crippen LogP contribution in [0.5, 0.6) is 5.75 Å². The fourth-order valence-electron chi connectivity index (χ4n) is 3.42. The molecular formula is C24H19F2N7O2. The summed E-state index contributed by atoms with van der Waals surface area (Å²) in [4.78, 5) is 4.10. The molecule has 35 heavy (non-hydrogen) atoms. The maximum Gasteiger partial charge on any atom is 0.314 e. The number of hydrogen-bond donors (Lipinski definition) is 1. The van der Waals surface area contributed by atoms with Gasteiger partial charge < -0.3 is 14.9 Å². The normalized spacial score (nSPS) is 12.1. The number of nitrogens with two attached hydrogens (primary N) is 1. The van der Waals surface area contributed by atoms with Crippen LogP contribution in [0.3, 0.4) is 0 Å². The average Bonchev–Trinajstić information content (AvgIpc) is 3.57. The van der Waals surface area contributed by atoms with E-state index < -0.39 is 12.3 Å². The van der Waals surface area contributed by atoms with Gasteiger partial charge in [-0.2, -0.15) is 8.78 Å². The molecule has 5 aromatic rings. The van der Waals surface area contributed by atoms with Crippen LogP contribution in [-0.2, 0) is 0 Å².